The summed E-state index contributed by atoms with van der Waals surface area (Å²) in [5.74, 6) is 0.373. The molecule has 0 aliphatic carbocycles. The number of nitrogens with zero attached hydrogens (tertiary/aromatic N) is 2. The number of anilines is 1. The Hall–Kier alpha value is -1.37. The molecule has 0 unspecified atom stereocenters. The number of aliphatic hydroxyl groups is 2. The number of methoxy groups -OCH3 is 1. The van der Waals surface area contributed by atoms with Crippen molar-refractivity contribution in [2.75, 3.05) is 38.3 Å². The second-order valence-corrected chi connectivity index (χ2v) is 3.38. The number of aliphatic hydroxyl groups excluding tert-OH is 2. The molecule has 0 fully saturated rings. The Labute approximate surface area is 112 Å². The first-order chi connectivity index (χ1) is 8.26. The Balaban J connectivity index is 0.00000289. The highest BCUT2D eigenvalue weighted by molar-refractivity contribution is 5.85. The standard InChI is InChI=1S/C11H16N2O4.ClH/c1-17-11-8-9(2-3-10(11)12-16)13(4-6-14)5-7-15;/h2-3,8,14-15H,4-7H2,1H3;1H. The molecule has 0 aromatic heterocycles. The van der Waals surface area contributed by atoms with Gasteiger partial charge in [0.25, 0.3) is 0 Å². The molecule has 6 nitrogen and oxygen atoms in total. The second kappa shape index (κ2) is 8.68. The maximum atomic E-state index is 10.5. The molecule has 1 aromatic rings. The van der Waals surface area contributed by atoms with Crippen LogP contribution in [0.25, 0.3) is 0 Å². The Morgan fingerprint density at radius 3 is 2.33 bits per heavy atom. The van der Waals surface area contributed by atoms with Gasteiger partial charge in [-0.15, -0.1) is 17.3 Å². The van der Waals surface area contributed by atoms with Gasteiger partial charge < -0.3 is 19.8 Å². The van der Waals surface area contributed by atoms with E-state index in [1.54, 1.807) is 23.1 Å². The van der Waals surface area contributed by atoms with Gasteiger partial charge in [0.2, 0.25) is 0 Å². The minimum absolute atomic E-state index is 0. The van der Waals surface area contributed by atoms with Crippen LogP contribution in [0.1, 0.15) is 0 Å². The predicted octanol–water partition coefficient (Wildman–Crippen LogP) is 1.31. The maximum absolute atomic E-state index is 10.5. The molecule has 0 aliphatic rings. The van der Waals surface area contributed by atoms with Crippen molar-refractivity contribution in [3.63, 3.8) is 0 Å². The van der Waals surface area contributed by atoms with Crippen molar-refractivity contribution >= 4 is 23.8 Å². The number of hydrogen-bond acceptors (Lipinski definition) is 6. The van der Waals surface area contributed by atoms with Crippen LogP contribution in [0, 0.1) is 4.91 Å². The minimum Gasteiger partial charge on any atom is -0.494 e. The van der Waals surface area contributed by atoms with E-state index in [1.807, 2.05) is 0 Å². The third kappa shape index (κ3) is 4.14. The highest BCUT2D eigenvalue weighted by Crippen LogP contribution is 2.31. The SMILES string of the molecule is COc1cc(N(CCO)CCO)ccc1N=O.Cl. The summed E-state index contributed by atoms with van der Waals surface area (Å²) in [5, 5.41) is 20.7. The van der Waals surface area contributed by atoms with Gasteiger partial charge in [-0.2, -0.15) is 0 Å². The molecule has 0 atom stereocenters. The Kier molecular flexibility index (Phi) is 8.02. The fourth-order valence-electron chi connectivity index (χ4n) is 1.55. The van der Waals surface area contributed by atoms with E-state index in [4.69, 9.17) is 14.9 Å². The summed E-state index contributed by atoms with van der Waals surface area (Å²) in [6, 6.07) is 4.90. The van der Waals surface area contributed by atoms with Crippen LogP contribution in [-0.4, -0.2) is 43.6 Å². The van der Waals surface area contributed by atoms with Crippen LogP contribution in [0.5, 0.6) is 5.75 Å². The third-order valence-corrected chi connectivity index (χ3v) is 2.37. The van der Waals surface area contributed by atoms with E-state index in [-0.39, 0.29) is 31.3 Å². The van der Waals surface area contributed by atoms with Gasteiger partial charge in [-0.05, 0) is 17.3 Å². The molecule has 1 rings (SSSR count). The van der Waals surface area contributed by atoms with E-state index in [1.165, 1.54) is 7.11 Å². The fourth-order valence-corrected chi connectivity index (χ4v) is 1.55. The van der Waals surface area contributed by atoms with Crippen LogP contribution >= 0.6 is 12.4 Å². The summed E-state index contributed by atoms with van der Waals surface area (Å²) < 4.78 is 5.04. The zero-order valence-corrected chi connectivity index (χ0v) is 10.9. The molecular weight excluding hydrogens is 260 g/mol. The van der Waals surface area contributed by atoms with Gasteiger partial charge in [0.15, 0.2) is 0 Å². The number of nitroso groups, excluding NO2 is 1. The minimum atomic E-state index is -0.0179. The zero-order chi connectivity index (χ0) is 12.7. The van der Waals surface area contributed by atoms with Gasteiger partial charge >= 0.3 is 0 Å². The van der Waals surface area contributed by atoms with Crippen molar-refractivity contribution in [1.82, 2.24) is 0 Å². The Bertz CT molecular complexity index is 370. The molecule has 0 radical (unpaired) electrons. The van der Waals surface area contributed by atoms with E-state index in [0.29, 0.717) is 18.8 Å². The fraction of sp³-hybridized carbons (Fsp3) is 0.455. The normalized spacial score (nSPS) is 9.50. The first-order valence-corrected chi connectivity index (χ1v) is 5.25. The average Bonchev–Trinajstić information content (AvgIpc) is 2.37. The summed E-state index contributed by atoms with van der Waals surface area (Å²) in [4.78, 5) is 12.3. The van der Waals surface area contributed by atoms with Gasteiger partial charge in [0.1, 0.15) is 11.4 Å². The van der Waals surface area contributed by atoms with E-state index in [2.05, 4.69) is 5.18 Å². The number of hydrogen-bond donors (Lipinski definition) is 2. The smallest absolute Gasteiger partial charge is 0.150 e. The van der Waals surface area contributed by atoms with E-state index < -0.39 is 0 Å². The highest BCUT2D eigenvalue weighted by atomic mass is 35.5. The van der Waals surface area contributed by atoms with E-state index >= 15 is 0 Å². The lowest BCUT2D eigenvalue weighted by atomic mass is 10.2. The first kappa shape index (κ1) is 16.6. The van der Waals surface area contributed by atoms with E-state index in [0.717, 1.165) is 5.69 Å². The maximum Gasteiger partial charge on any atom is 0.150 e. The molecule has 7 heteroatoms. The van der Waals surface area contributed by atoms with E-state index in [9.17, 15) is 4.91 Å². The highest BCUT2D eigenvalue weighted by Gasteiger charge is 2.10. The topological polar surface area (TPSA) is 82.4 Å². The van der Waals surface area contributed by atoms with Crippen molar-refractivity contribution in [2.24, 2.45) is 5.18 Å². The Morgan fingerprint density at radius 1 is 1.28 bits per heavy atom. The monoisotopic (exact) mass is 276 g/mol. The molecule has 0 saturated heterocycles. The zero-order valence-electron chi connectivity index (χ0n) is 10.1. The summed E-state index contributed by atoms with van der Waals surface area (Å²) in [6.07, 6.45) is 0. The molecule has 18 heavy (non-hydrogen) atoms. The molecule has 102 valence electrons. The second-order valence-electron chi connectivity index (χ2n) is 3.38. The lowest BCUT2D eigenvalue weighted by Crippen LogP contribution is -2.29. The summed E-state index contributed by atoms with van der Waals surface area (Å²) in [6.45, 7) is 0.765. The Morgan fingerprint density at radius 2 is 1.89 bits per heavy atom. The van der Waals surface area contributed by atoms with Gasteiger partial charge in [-0.3, -0.25) is 0 Å². The van der Waals surface area contributed by atoms with Crippen LogP contribution in [0.3, 0.4) is 0 Å². The van der Waals surface area contributed by atoms with Gasteiger partial charge in [0.05, 0.1) is 20.3 Å². The van der Waals surface area contributed by atoms with Crippen LogP contribution in [0.15, 0.2) is 23.4 Å². The predicted molar refractivity (Wildman–Crippen MR) is 72.1 cm³/mol. The lowest BCUT2D eigenvalue weighted by Gasteiger charge is -2.23. The number of benzene rings is 1. The summed E-state index contributed by atoms with van der Waals surface area (Å²) in [7, 11) is 1.45. The number of ether oxygens (including phenoxy) is 1. The van der Waals surface area contributed by atoms with Crippen molar-refractivity contribution in [3.8, 4) is 5.75 Å². The molecule has 0 bridgehead atoms. The molecule has 2 N–H and O–H groups in total. The first-order valence-electron chi connectivity index (χ1n) is 5.25. The molecule has 1 aromatic carbocycles. The molecule has 0 aliphatic heterocycles. The average molecular weight is 277 g/mol. The van der Waals surface area contributed by atoms with Crippen LogP contribution in [0.4, 0.5) is 11.4 Å². The largest absolute Gasteiger partial charge is 0.494 e. The third-order valence-electron chi connectivity index (χ3n) is 2.37. The molecule has 0 amide bonds. The van der Waals surface area contributed by atoms with Gasteiger partial charge in [-0.1, -0.05) is 0 Å². The summed E-state index contributed by atoms with van der Waals surface area (Å²) in [5.41, 5.74) is 0.988. The molecule has 0 spiro atoms. The molecule has 0 heterocycles. The van der Waals surface area contributed by atoms with Crippen molar-refractivity contribution in [1.29, 1.82) is 0 Å². The molecular formula is C11H17ClN2O4. The van der Waals surface area contributed by atoms with Crippen molar-refractivity contribution in [3.05, 3.63) is 23.1 Å². The lowest BCUT2D eigenvalue weighted by molar-refractivity contribution is 0.281. The van der Waals surface area contributed by atoms with Crippen molar-refractivity contribution in [2.45, 2.75) is 0 Å². The summed E-state index contributed by atoms with van der Waals surface area (Å²) >= 11 is 0. The van der Waals surface area contributed by atoms with Gasteiger partial charge in [-0.25, -0.2) is 0 Å². The van der Waals surface area contributed by atoms with Gasteiger partial charge in [0, 0.05) is 24.8 Å². The number of halogens is 1. The van der Waals surface area contributed by atoms with Crippen LogP contribution in [-0.2, 0) is 0 Å². The van der Waals surface area contributed by atoms with Crippen molar-refractivity contribution < 1.29 is 14.9 Å². The quantitative estimate of drug-likeness (QED) is 0.734. The molecule has 0 saturated carbocycles. The number of rotatable bonds is 7. The van der Waals surface area contributed by atoms with Crippen LogP contribution < -0.4 is 9.64 Å². The van der Waals surface area contributed by atoms with Crippen LogP contribution in [0.2, 0.25) is 0 Å².